The molecule has 1 unspecified atom stereocenters. The highest BCUT2D eigenvalue weighted by Crippen LogP contribution is 2.30. The molecule has 0 saturated carbocycles. The molecule has 20 heteroatoms. The van der Waals surface area contributed by atoms with Crippen molar-refractivity contribution < 1.29 is 54.3 Å². The minimum absolute atomic E-state index is 0.00775. The predicted molar refractivity (Wildman–Crippen MR) is 173 cm³/mol. The smallest absolute Gasteiger partial charge is 0.434 e. The van der Waals surface area contributed by atoms with Gasteiger partial charge in [-0.25, -0.2) is 24.2 Å². The van der Waals surface area contributed by atoms with Crippen LogP contribution in [0, 0.1) is 0 Å². The summed E-state index contributed by atoms with van der Waals surface area (Å²) in [6, 6.07) is 15.4. The molecule has 276 valence electrons. The van der Waals surface area contributed by atoms with Crippen LogP contribution in [0.3, 0.4) is 0 Å². The summed E-state index contributed by atoms with van der Waals surface area (Å²) < 4.78 is 17.1. The molecule has 0 aliphatic carbocycles. The van der Waals surface area contributed by atoms with E-state index >= 15 is 0 Å². The largest absolute Gasteiger partial charge is 0.511 e. The predicted octanol–water partition coefficient (Wildman–Crippen LogP) is 4.99. The average Bonchev–Trinajstić information content (AvgIpc) is 3.73. The second-order valence-electron chi connectivity index (χ2n) is 11.1. The van der Waals surface area contributed by atoms with Crippen LogP contribution in [0.25, 0.3) is 22.5 Å². The Morgan fingerprint density at radius 1 is 0.961 bits per heavy atom. The van der Waals surface area contributed by atoms with E-state index < -0.39 is 41.4 Å². The second-order valence-corrected chi connectivity index (χ2v) is 11.5. The van der Waals surface area contributed by atoms with Crippen LogP contribution in [-0.4, -0.2) is 99.0 Å². The Balaban J connectivity index is 1.38. The summed E-state index contributed by atoms with van der Waals surface area (Å²) >= 11 is 6.47. The summed E-state index contributed by atoms with van der Waals surface area (Å²) in [7, 11) is 0. The molecule has 0 amide bonds. The third-order valence-electron chi connectivity index (χ3n) is 7.47. The van der Waals surface area contributed by atoms with Gasteiger partial charge in [0.15, 0.2) is 10.8 Å². The Labute approximate surface area is 296 Å². The van der Waals surface area contributed by atoms with E-state index in [2.05, 4.69) is 30.4 Å². The van der Waals surface area contributed by atoms with Crippen LogP contribution in [0.2, 0.25) is 5.15 Å². The minimum Gasteiger partial charge on any atom is -0.434 e. The van der Waals surface area contributed by atoms with Gasteiger partial charge in [0.1, 0.15) is 18.0 Å². The number of carbonyl (C=O) groups excluding carboxylic acids is 2. The normalized spacial score (nSPS) is 13.3. The highest BCUT2D eigenvalue weighted by Gasteiger charge is 2.27. The number of halogens is 1. The number of aromatic amines is 1. The average molecular weight is 735 g/mol. The van der Waals surface area contributed by atoms with Crippen LogP contribution in [0.15, 0.2) is 48.5 Å². The summed E-state index contributed by atoms with van der Waals surface area (Å²) in [5.41, 5.74) is 3.49. The number of imidazole rings is 1. The van der Waals surface area contributed by atoms with Crippen LogP contribution in [0.5, 0.6) is 0 Å². The second kappa shape index (κ2) is 19.2. The number of nitrogens with zero attached hydrogens (tertiary/aromatic N) is 7. The molecule has 19 nitrogen and oxygen atoms in total. The fourth-order valence-corrected chi connectivity index (χ4v) is 5.36. The Morgan fingerprint density at radius 2 is 1.67 bits per heavy atom. The first-order valence-electron chi connectivity index (χ1n) is 15.9. The molecule has 0 bridgehead atoms. The lowest BCUT2D eigenvalue weighted by Gasteiger charge is -2.24. The number of unbranched alkanes of at least 4 members (excludes halogenated alkanes) is 1. The van der Waals surface area contributed by atoms with Crippen molar-refractivity contribution in [3.63, 3.8) is 0 Å². The van der Waals surface area contributed by atoms with Gasteiger partial charge in [-0.3, -0.25) is 20.8 Å². The van der Waals surface area contributed by atoms with Crippen molar-refractivity contribution in [2.45, 2.75) is 77.9 Å². The molecule has 4 rings (SSSR count). The Bertz CT molecular complexity index is 1690. The fourth-order valence-electron chi connectivity index (χ4n) is 5.09. The number of hydrogen-bond donors (Lipinski definition) is 5. The van der Waals surface area contributed by atoms with E-state index in [4.69, 9.17) is 51.5 Å². The van der Waals surface area contributed by atoms with E-state index in [1.165, 1.54) is 13.8 Å². The fraction of sp³-hybridized carbons (Fsp3) is 0.419. The number of benzene rings is 2. The molecule has 51 heavy (non-hydrogen) atoms. The summed E-state index contributed by atoms with van der Waals surface area (Å²) in [5.74, 6) is 0.192. The number of aromatic nitrogens is 6. The van der Waals surface area contributed by atoms with E-state index in [1.807, 2.05) is 55.5 Å². The van der Waals surface area contributed by atoms with Crippen molar-refractivity contribution in [3.8, 4) is 22.5 Å². The summed E-state index contributed by atoms with van der Waals surface area (Å²) in [6.07, 6.45) is -2.29. The summed E-state index contributed by atoms with van der Waals surface area (Å²) in [6.45, 7) is 4.76. The number of carbonyl (C=O) groups is 2. The Kier molecular flexibility index (Phi) is 14.7. The minimum atomic E-state index is -1.37. The number of tetrazole rings is 1. The number of H-pyrrole nitrogens is 1. The first-order valence-corrected chi connectivity index (χ1v) is 16.2. The molecular weight excluding hydrogens is 696 g/mol. The lowest BCUT2D eigenvalue weighted by Crippen LogP contribution is -2.37. The zero-order valence-corrected chi connectivity index (χ0v) is 28.7. The van der Waals surface area contributed by atoms with Crippen molar-refractivity contribution in [1.29, 1.82) is 0 Å². The molecule has 2 aromatic carbocycles. The highest BCUT2D eigenvalue weighted by molar-refractivity contribution is 6.32. The van der Waals surface area contributed by atoms with Gasteiger partial charge in [-0.05, 0) is 48.1 Å². The van der Waals surface area contributed by atoms with Crippen LogP contribution < -0.4 is 0 Å². The zero-order chi connectivity index (χ0) is 36.9. The van der Waals surface area contributed by atoms with Crippen LogP contribution >= 0.6 is 11.6 Å². The van der Waals surface area contributed by atoms with Gasteiger partial charge in [-0.2, -0.15) is 5.21 Å². The van der Waals surface area contributed by atoms with Crippen molar-refractivity contribution >= 4 is 23.7 Å². The van der Waals surface area contributed by atoms with E-state index in [-0.39, 0.29) is 36.8 Å². The van der Waals surface area contributed by atoms with Gasteiger partial charge >= 0.3 is 12.1 Å². The van der Waals surface area contributed by atoms with Crippen molar-refractivity contribution in [2.75, 3.05) is 6.61 Å². The molecule has 2 heterocycles. The molecule has 0 aliphatic rings. The SMILES string of the molecule is CCCCc1nc(Cl)c(C(=O)OC(C)OC(=O)OCCC[C@@H](ON(O)O)[C@@H](C)ON(O)O)n1Cc1ccc(-c2ccccc2-c2nn[nH]n2)cc1. The van der Waals surface area contributed by atoms with Gasteiger partial charge in [-0.15, -0.1) is 10.2 Å². The van der Waals surface area contributed by atoms with Crippen molar-refractivity contribution in [1.82, 2.24) is 41.0 Å². The van der Waals surface area contributed by atoms with Gasteiger partial charge < -0.3 is 18.8 Å². The molecule has 4 aromatic rings. The van der Waals surface area contributed by atoms with Crippen molar-refractivity contribution in [2.24, 2.45) is 0 Å². The van der Waals surface area contributed by atoms with Crippen molar-refractivity contribution in [3.05, 3.63) is 70.8 Å². The lowest BCUT2D eigenvalue weighted by atomic mass is 9.98. The maximum Gasteiger partial charge on any atom is 0.511 e. The van der Waals surface area contributed by atoms with E-state index in [9.17, 15) is 9.59 Å². The van der Waals surface area contributed by atoms with Crippen LogP contribution in [-0.2, 0) is 36.9 Å². The van der Waals surface area contributed by atoms with Gasteiger partial charge in [0.05, 0.1) is 17.4 Å². The molecular formula is C31H39ClN8O11. The standard InChI is InChI=1S/C31H39ClN8O11/c1-4-5-12-26-33-28(32)27(30(41)48-20(3)49-31(42)47-17-8-11-25(51-40(45)46)19(2)50-39(43)44)38(26)18-21-13-15-22(16-14-21)23-9-6-7-10-24(23)29-34-36-37-35-29/h6-7,9-10,13-16,19-20,25,43-46H,4-5,8,11-12,17-18H2,1-3H3,(H,34,35,36,37)/t19-,20?,25-/m1/s1. The van der Waals surface area contributed by atoms with E-state index in [0.717, 1.165) is 35.1 Å². The van der Waals surface area contributed by atoms with Gasteiger partial charge in [0, 0.05) is 25.5 Å². The molecule has 0 radical (unpaired) electrons. The third kappa shape index (κ3) is 11.5. The zero-order valence-electron chi connectivity index (χ0n) is 28.0. The summed E-state index contributed by atoms with van der Waals surface area (Å²) in [4.78, 5) is 39.4. The molecule has 0 spiro atoms. The number of nitrogens with one attached hydrogen (secondary N) is 1. The molecule has 3 atom stereocenters. The number of rotatable bonds is 19. The quantitative estimate of drug-likeness (QED) is 0.0369. The lowest BCUT2D eigenvalue weighted by molar-refractivity contribution is -0.537. The first kappa shape index (κ1) is 39.2. The number of aryl methyl sites for hydroxylation is 1. The van der Waals surface area contributed by atoms with Crippen LogP contribution in [0.4, 0.5) is 4.79 Å². The number of hydrogen-bond acceptors (Lipinski definition) is 17. The number of esters is 1. The first-order chi connectivity index (χ1) is 24.5. The monoisotopic (exact) mass is 734 g/mol. The maximum absolute atomic E-state index is 13.4. The highest BCUT2D eigenvalue weighted by atomic mass is 35.5. The van der Waals surface area contributed by atoms with E-state index in [0.29, 0.717) is 18.1 Å². The molecule has 0 saturated heterocycles. The van der Waals surface area contributed by atoms with Crippen LogP contribution in [0.1, 0.15) is 68.3 Å². The summed E-state index contributed by atoms with van der Waals surface area (Å²) in [5, 5.41) is 48.7. The molecule has 0 fully saturated rings. The molecule has 5 N–H and O–H groups in total. The van der Waals surface area contributed by atoms with Gasteiger partial charge in [-0.1, -0.05) is 73.5 Å². The Morgan fingerprint density at radius 3 is 2.31 bits per heavy atom. The maximum atomic E-state index is 13.4. The van der Waals surface area contributed by atoms with Gasteiger partial charge in [0.2, 0.25) is 12.1 Å². The molecule has 0 aliphatic heterocycles. The molecule has 2 aromatic heterocycles. The third-order valence-corrected chi connectivity index (χ3v) is 7.74. The van der Waals surface area contributed by atoms with Gasteiger partial charge in [0.25, 0.3) is 0 Å². The Hall–Kier alpha value is -4.57. The number of ether oxygens (including phenoxy) is 3. The topological polar surface area (TPSA) is 240 Å². The van der Waals surface area contributed by atoms with E-state index in [1.54, 1.807) is 4.57 Å².